The van der Waals surface area contributed by atoms with Gasteiger partial charge in [0.1, 0.15) is 0 Å². The molecular formula is C22H31N3S. The average Bonchev–Trinajstić information content (AvgIpc) is 2.61. The number of fused-ring (bicyclic) bond motifs is 1. The highest BCUT2D eigenvalue weighted by Crippen LogP contribution is 2.43. The van der Waals surface area contributed by atoms with Gasteiger partial charge in [-0.15, -0.1) is 0 Å². The highest BCUT2D eigenvalue weighted by Gasteiger charge is 2.37. The van der Waals surface area contributed by atoms with Crippen LogP contribution in [0.15, 0.2) is 46.6 Å². The minimum Gasteiger partial charge on any atom is -0.398 e. The third kappa shape index (κ3) is 4.06. The maximum Gasteiger partial charge on any atom is 0.0932 e. The number of benzene rings is 2. The van der Waals surface area contributed by atoms with E-state index in [4.69, 9.17) is 23.5 Å². The fraction of sp³-hybridized carbons (Fsp3) is 0.545. The first-order chi connectivity index (χ1) is 12.2. The Morgan fingerprint density at radius 3 is 2.08 bits per heavy atom. The molecule has 0 atom stereocenters. The quantitative estimate of drug-likeness (QED) is 0.347. The SMILES string of the molecule is CC(C)(S)C1CCC(C(C)(C)N=Nc2ccc(N)c3ccccc23)CC1. The molecule has 1 fully saturated rings. The third-order valence-electron chi connectivity index (χ3n) is 6.08. The van der Waals surface area contributed by atoms with Crippen molar-refractivity contribution in [2.75, 3.05) is 5.73 Å². The lowest BCUT2D eigenvalue weighted by atomic mass is 9.70. The molecule has 3 rings (SSSR count). The van der Waals surface area contributed by atoms with Gasteiger partial charge in [0.25, 0.3) is 0 Å². The van der Waals surface area contributed by atoms with Crippen LogP contribution in [-0.4, -0.2) is 10.3 Å². The molecule has 0 aliphatic heterocycles. The van der Waals surface area contributed by atoms with Crippen molar-refractivity contribution in [2.45, 2.75) is 63.7 Å². The minimum absolute atomic E-state index is 0.111. The standard InChI is InChI=1S/C22H31N3S/c1-21(2,15-9-11-16(12-10-15)22(3,4)26)25-24-20-14-13-19(23)17-7-5-6-8-18(17)20/h5-8,13-16,26H,9-12,23H2,1-4H3. The number of rotatable bonds is 4. The van der Waals surface area contributed by atoms with Crippen molar-refractivity contribution < 1.29 is 0 Å². The summed E-state index contributed by atoms with van der Waals surface area (Å²) in [6, 6.07) is 12.0. The summed E-state index contributed by atoms with van der Waals surface area (Å²) < 4.78 is 0.111. The molecule has 1 aliphatic rings. The van der Waals surface area contributed by atoms with E-state index in [-0.39, 0.29) is 10.3 Å². The molecule has 140 valence electrons. The molecule has 0 heterocycles. The number of hydrogen-bond acceptors (Lipinski definition) is 4. The maximum atomic E-state index is 6.09. The summed E-state index contributed by atoms with van der Waals surface area (Å²) in [5.74, 6) is 1.26. The third-order valence-corrected chi connectivity index (χ3v) is 6.44. The Hall–Kier alpha value is -1.55. The van der Waals surface area contributed by atoms with Crippen LogP contribution in [0.25, 0.3) is 10.8 Å². The van der Waals surface area contributed by atoms with E-state index < -0.39 is 0 Å². The van der Waals surface area contributed by atoms with Gasteiger partial charge in [0, 0.05) is 21.2 Å². The van der Waals surface area contributed by atoms with Gasteiger partial charge in [0.15, 0.2) is 0 Å². The Bertz CT molecular complexity index is 797. The van der Waals surface area contributed by atoms with Crippen molar-refractivity contribution in [1.82, 2.24) is 0 Å². The molecule has 26 heavy (non-hydrogen) atoms. The van der Waals surface area contributed by atoms with Gasteiger partial charge < -0.3 is 5.73 Å². The number of anilines is 1. The van der Waals surface area contributed by atoms with Crippen LogP contribution in [0.5, 0.6) is 0 Å². The first-order valence-electron chi connectivity index (χ1n) is 9.61. The van der Waals surface area contributed by atoms with Crippen molar-refractivity contribution in [3.63, 3.8) is 0 Å². The predicted octanol–water partition coefficient (Wildman–Crippen LogP) is 6.80. The molecule has 0 spiro atoms. The normalized spacial score (nSPS) is 22.2. The van der Waals surface area contributed by atoms with E-state index in [2.05, 4.69) is 38.9 Å². The Balaban J connectivity index is 1.77. The van der Waals surface area contributed by atoms with Crippen molar-refractivity contribution in [3.8, 4) is 0 Å². The van der Waals surface area contributed by atoms with Crippen molar-refractivity contribution in [2.24, 2.45) is 22.1 Å². The molecule has 0 aromatic heterocycles. The van der Waals surface area contributed by atoms with E-state index >= 15 is 0 Å². The minimum atomic E-state index is -0.159. The smallest absolute Gasteiger partial charge is 0.0932 e. The fourth-order valence-corrected chi connectivity index (χ4v) is 4.42. The number of thiol groups is 1. The van der Waals surface area contributed by atoms with Crippen LogP contribution in [0.2, 0.25) is 0 Å². The molecule has 4 heteroatoms. The molecule has 0 unspecified atom stereocenters. The van der Waals surface area contributed by atoms with Crippen LogP contribution in [0.3, 0.4) is 0 Å². The number of nitrogen functional groups attached to an aromatic ring is 1. The van der Waals surface area contributed by atoms with E-state index in [9.17, 15) is 0 Å². The van der Waals surface area contributed by atoms with Gasteiger partial charge in [-0.2, -0.15) is 22.9 Å². The van der Waals surface area contributed by atoms with Gasteiger partial charge in [-0.3, -0.25) is 0 Å². The van der Waals surface area contributed by atoms with Gasteiger partial charge in [0.2, 0.25) is 0 Å². The molecule has 2 aromatic carbocycles. The zero-order chi connectivity index (χ0) is 18.9. The highest BCUT2D eigenvalue weighted by atomic mass is 32.1. The van der Waals surface area contributed by atoms with Gasteiger partial charge >= 0.3 is 0 Å². The molecule has 3 nitrogen and oxygen atoms in total. The molecule has 0 radical (unpaired) electrons. The molecule has 0 bridgehead atoms. The van der Waals surface area contributed by atoms with Gasteiger partial charge in [-0.05, 0) is 63.5 Å². The monoisotopic (exact) mass is 369 g/mol. The molecule has 0 amide bonds. The second-order valence-electron chi connectivity index (χ2n) is 8.78. The first-order valence-corrected chi connectivity index (χ1v) is 10.1. The van der Waals surface area contributed by atoms with Crippen LogP contribution in [0, 0.1) is 11.8 Å². The number of hydrogen-bond donors (Lipinski definition) is 2. The fourth-order valence-electron chi connectivity index (χ4n) is 4.16. The second kappa shape index (κ2) is 7.22. The Kier molecular flexibility index (Phi) is 5.34. The summed E-state index contributed by atoms with van der Waals surface area (Å²) in [5.41, 5.74) is 7.62. The van der Waals surface area contributed by atoms with Crippen molar-refractivity contribution in [3.05, 3.63) is 36.4 Å². The summed E-state index contributed by atoms with van der Waals surface area (Å²) in [4.78, 5) is 0. The Labute approximate surface area is 162 Å². The predicted molar refractivity (Wildman–Crippen MR) is 115 cm³/mol. The van der Waals surface area contributed by atoms with Gasteiger partial charge in [-0.1, -0.05) is 38.1 Å². The van der Waals surface area contributed by atoms with Crippen molar-refractivity contribution in [1.29, 1.82) is 0 Å². The lowest BCUT2D eigenvalue weighted by Gasteiger charge is -2.40. The maximum absolute atomic E-state index is 6.09. The van der Waals surface area contributed by atoms with E-state index in [0.717, 1.165) is 22.1 Å². The first kappa shape index (κ1) is 19.2. The summed E-state index contributed by atoms with van der Waals surface area (Å²) >= 11 is 4.78. The number of nitrogens with two attached hydrogens (primary N) is 1. The largest absolute Gasteiger partial charge is 0.398 e. The molecule has 1 saturated carbocycles. The summed E-state index contributed by atoms with van der Waals surface area (Å²) in [6.07, 6.45) is 4.85. The van der Waals surface area contributed by atoms with E-state index in [1.54, 1.807) is 0 Å². The van der Waals surface area contributed by atoms with E-state index in [1.165, 1.54) is 25.7 Å². The molecule has 2 aromatic rings. The Morgan fingerprint density at radius 1 is 0.885 bits per heavy atom. The number of azo groups is 1. The molecule has 0 saturated heterocycles. The summed E-state index contributed by atoms with van der Waals surface area (Å²) in [6.45, 7) is 8.90. The Morgan fingerprint density at radius 2 is 1.46 bits per heavy atom. The van der Waals surface area contributed by atoms with Crippen LogP contribution >= 0.6 is 12.6 Å². The lowest BCUT2D eigenvalue weighted by Crippen LogP contribution is -2.36. The molecular weight excluding hydrogens is 338 g/mol. The molecule has 2 N–H and O–H groups in total. The average molecular weight is 370 g/mol. The highest BCUT2D eigenvalue weighted by molar-refractivity contribution is 7.81. The van der Waals surface area contributed by atoms with Gasteiger partial charge in [0.05, 0.1) is 11.2 Å². The number of nitrogens with zero attached hydrogens (tertiary/aromatic N) is 2. The van der Waals surface area contributed by atoms with E-state index in [0.29, 0.717) is 11.8 Å². The van der Waals surface area contributed by atoms with Crippen LogP contribution < -0.4 is 5.73 Å². The van der Waals surface area contributed by atoms with Crippen molar-refractivity contribution >= 4 is 34.8 Å². The second-order valence-corrected chi connectivity index (χ2v) is 9.93. The summed E-state index contributed by atoms with van der Waals surface area (Å²) in [7, 11) is 0. The van der Waals surface area contributed by atoms with Crippen LogP contribution in [-0.2, 0) is 0 Å². The van der Waals surface area contributed by atoms with Crippen LogP contribution in [0.4, 0.5) is 11.4 Å². The lowest BCUT2D eigenvalue weighted by molar-refractivity contribution is 0.178. The molecule has 1 aliphatic carbocycles. The summed E-state index contributed by atoms with van der Waals surface area (Å²) in [5, 5.41) is 11.5. The van der Waals surface area contributed by atoms with E-state index in [1.807, 2.05) is 30.3 Å². The zero-order valence-electron chi connectivity index (χ0n) is 16.4. The van der Waals surface area contributed by atoms with Gasteiger partial charge in [-0.25, -0.2) is 0 Å². The zero-order valence-corrected chi connectivity index (χ0v) is 17.3. The van der Waals surface area contributed by atoms with Crippen LogP contribution in [0.1, 0.15) is 53.4 Å². The topological polar surface area (TPSA) is 50.7 Å².